The summed E-state index contributed by atoms with van der Waals surface area (Å²) in [7, 11) is 0. The van der Waals surface area contributed by atoms with E-state index in [1.54, 1.807) is 0 Å². The number of nitrogens with one attached hydrogen (secondary N) is 1. The van der Waals surface area contributed by atoms with Crippen LogP contribution in [-0.2, 0) is 6.42 Å². The van der Waals surface area contributed by atoms with Crippen molar-refractivity contribution < 1.29 is 5.11 Å². The summed E-state index contributed by atoms with van der Waals surface area (Å²) in [5.41, 5.74) is 8.45. The SMILES string of the molecule is CC(NC[C@@H](O)[C@@H](N)Cc1ccccc1)c1ccccc1. The average Bonchev–Trinajstić information content (AvgIpc) is 2.54. The van der Waals surface area contributed by atoms with Crippen molar-refractivity contribution in [2.24, 2.45) is 5.73 Å². The Hall–Kier alpha value is -1.68. The third-order valence-electron chi connectivity index (χ3n) is 3.74. The van der Waals surface area contributed by atoms with Crippen LogP contribution in [0.2, 0.25) is 0 Å². The predicted octanol–water partition coefficient (Wildman–Crippen LogP) is 2.27. The molecule has 0 heterocycles. The van der Waals surface area contributed by atoms with Gasteiger partial charge in [-0.25, -0.2) is 0 Å². The molecule has 0 fully saturated rings. The predicted molar refractivity (Wildman–Crippen MR) is 87.0 cm³/mol. The van der Waals surface area contributed by atoms with Crippen LogP contribution in [0, 0.1) is 0 Å². The zero-order valence-electron chi connectivity index (χ0n) is 12.4. The lowest BCUT2D eigenvalue weighted by molar-refractivity contribution is 0.138. The summed E-state index contributed by atoms with van der Waals surface area (Å²) in [4.78, 5) is 0. The van der Waals surface area contributed by atoms with Gasteiger partial charge in [-0.05, 0) is 24.5 Å². The van der Waals surface area contributed by atoms with Crippen LogP contribution in [0.5, 0.6) is 0 Å². The first-order valence-electron chi connectivity index (χ1n) is 7.42. The zero-order chi connectivity index (χ0) is 15.1. The second kappa shape index (κ2) is 7.93. The van der Waals surface area contributed by atoms with Gasteiger partial charge in [0, 0.05) is 18.6 Å². The van der Waals surface area contributed by atoms with Gasteiger partial charge in [0.05, 0.1) is 6.10 Å². The maximum absolute atomic E-state index is 10.2. The van der Waals surface area contributed by atoms with Gasteiger partial charge < -0.3 is 16.2 Å². The third kappa shape index (κ3) is 4.97. The van der Waals surface area contributed by atoms with Crippen molar-refractivity contribution in [2.45, 2.75) is 31.5 Å². The van der Waals surface area contributed by atoms with Crippen LogP contribution in [0.3, 0.4) is 0 Å². The van der Waals surface area contributed by atoms with Gasteiger partial charge in [-0.2, -0.15) is 0 Å². The van der Waals surface area contributed by atoms with Crippen molar-refractivity contribution in [3.63, 3.8) is 0 Å². The molecule has 3 atom stereocenters. The minimum atomic E-state index is -0.559. The van der Waals surface area contributed by atoms with E-state index >= 15 is 0 Å². The molecule has 0 bridgehead atoms. The van der Waals surface area contributed by atoms with E-state index in [1.165, 1.54) is 5.56 Å². The summed E-state index contributed by atoms with van der Waals surface area (Å²) < 4.78 is 0. The molecule has 4 N–H and O–H groups in total. The molecule has 1 unspecified atom stereocenters. The Morgan fingerprint density at radius 3 is 2.19 bits per heavy atom. The molecule has 2 aromatic carbocycles. The number of hydrogen-bond acceptors (Lipinski definition) is 3. The standard InChI is InChI=1S/C18H24N2O/c1-14(16-10-6-3-7-11-16)20-13-18(21)17(19)12-15-8-4-2-5-9-15/h2-11,14,17-18,20-21H,12-13,19H2,1H3/t14?,17-,18+/m0/s1. The molecular formula is C18H24N2O. The number of benzene rings is 2. The summed E-state index contributed by atoms with van der Waals surface area (Å²) >= 11 is 0. The molecule has 112 valence electrons. The average molecular weight is 284 g/mol. The maximum atomic E-state index is 10.2. The highest BCUT2D eigenvalue weighted by Gasteiger charge is 2.16. The molecular weight excluding hydrogens is 260 g/mol. The lowest BCUT2D eigenvalue weighted by atomic mass is 10.0. The van der Waals surface area contributed by atoms with E-state index in [-0.39, 0.29) is 12.1 Å². The first-order valence-corrected chi connectivity index (χ1v) is 7.42. The van der Waals surface area contributed by atoms with Gasteiger partial charge in [-0.1, -0.05) is 60.7 Å². The Morgan fingerprint density at radius 1 is 1.00 bits per heavy atom. The van der Waals surface area contributed by atoms with Gasteiger partial charge in [0.2, 0.25) is 0 Å². The number of hydrogen-bond donors (Lipinski definition) is 3. The molecule has 0 amide bonds. The van der Waals surface area contributed by atoms with Crippen LogP contribution in [-0.4, -0.2) is 23.8 Å². The molecule has 0 saturated carbocycles. The van der Waals surface area contributed by atoms with Crippen molar-refractivity contribution in [3.8, 4) is 0 Å². The van der Waals surface area contributed by atoms with E-state index < -0.39 is 6.10 Å². The lowest BCUT2D eigenvalue weighted by Gasteiger charge is -2.22. The molecule has 3 nitrogen and oxygen atoms in total. The number of nitrogens with two attached hydrogens (primary N) is 1. The normalized spacial score (nSPS) is 15.4. The Bertz CT molecular complexity index is 515. The highest BCUT2D eigenvalue weighted by atomic mass is 16.3. The molecule has 0 radical (unpaired) electrons. The summed E-state index contributed by atoms with van der Waals surface area (Å²) in [6.45, 7) is 2.58. The van der Waals surface area contributed by atoms with Crippen LogP contribution in [0.4, 0.5) is 0 Å². The lowest BCUT2D eigenvalue weighted by Crippen LogP contribution is -2.43. The molecule has 0 aliphatic carbocycles. The number of aliphatic hydroxyl groups is 1. The molecule has 21 heavy (non-hydrogen) atoms. The molecule has 3 heteroatoms. The monoisotopic (exact) mass is 284 g/mol. The minimum absolute atomic E-state index is 0.199. The first-order chi connectivity index (χ1) is 10.2. The summed E-state index contributed by atoms with van der Waals surface area (Å²) in [6, 6.07) is 20.2. The van der Waals surface area contributed by atoms with E-state index in [9.17, 15) is 5.11 Å². The van der Waals surface area contributed by atoms with Gasteiger partial charge in [0.1, 0.15) is 0 Å². The molecule has 2 aromatic rings. The fourth-order valence-electron chi connectivity index (χ4n) is 2.33. The number of rotatable bonds is 7. The quantitative estimate of drug-likeness (QED) is 0.731. The van der Waals surface area contributed by atoms with Gasteiger partial charge >= 0.3 is 0 Å². The molecule has 0 saturated heterocycles. The molecule has 0 aromatic heterocycles. The third-order valence-corrected chi connectivity index (χ3v) is 3.74. The van der Waals surface area contributed by atoms with Crippen molar-refractivity contribution in [2.75, 3.05) is 6.54 Å². The fourth-order valence-corrected chi connectivity index (χ4v) is 2.33. The molecule has 0 spiro atoms. The van der Waals surface area contributed by atoms with Gasteiger partial charge in [-0.15, -0.1) is 0 Å². The smallest absolute Gasteiger partial charge is 0.0818 e. The van der Waals surface area contributed by atoms with Crippen LogP contribution in [0.15, 0.2) is 60.7 Å². The second-order valence-corrected chi connectivity index (χ2v) is 5.46. The van der Waals surface area contributed by atoms with E-state index in [1.807, 2.05) is 48.5 Å². The summed E-state index contributed by atoms with van der Waals surface area (Å²) in [5, 5.41) is 13.5. The highest BCUT2D eigenvalue weighted by molar-refractivity contribution is 5.18. The zero-order valence-corrected chi connectivity index (χ0v) is 12.4. The Balaban J connectivity index is 1.80. The van der Waals surface area contributed by atoms with Gasteiger partial charge in [0.25, 0.3) is 0 Å². The van der Waals surface area contributed by atoms with E-state index in [4.69, 9.17) is 5.73 Å². The largest absolute Gasteiger partial charge is 0.390 e. The van der Waals surface area contributed by atoms with Crippen molar-refractivity contribution >= 4 is 0 Å². The van der Waals surface area contributed by atoms with Crippen molar-refractivity contribution in [3.05, 3.63) is 71.8 Å². The first kappa shape index (κ1) is 15.7. The maximum Gasteiger partial charge on any atom is 0.0818 e. The highest BCUT2D eigenvalue weighted by Crippen LogP contribution is 2.11. The van der Waals surface area contributed by atoms with E-state index in [0.29, 0.717) is 13.0 Å². The topological polar surface area (TPSA) is 58.3 Å². The van der Waals surface area contributed by atoms with Crippen LogP contribution < -0.4 is 11.1 Å². The van der Waals surface area contributed by atoms with Crippen LogP contribution in [0.1, 0.15) is 24.1 Å². The summed E-state index contributed by atoms with van der Waals surface area (Å²) in [6.07, 6.45) is 0.125. The summed E-state index contributed by atoms with van der Waals surface area (Å²) in [5.74, 6) is 0. The second-order valence-electron chi connectivity index (χ2n) is 5.46. The van der Waals surface area contributed by atoms with E-state index in [2.05, 4.69) is 24.4 Å². The Labute approximate surface area is 126 Å². The fraction of sp³-hybridized carbons (Fsp3) is 0.333. The minimum Gasteiger partial charge on any atom is -0.390 e. The van der Waals surface area contributed by atoms with Gasteiger partial charge in [0.15, 0.2) is 0 Å². The Morgan fingerprint density at radius 2 is 1.57 bits per heavy atom. The molecule has 0 aliphatic heterocycles. The van der Waals surface area contributed by atoms with Crippen LogP contribution >= 0.6 is 0 Å². The Kier molecular flexibility index (Phi) is 5.93. The number of aliphatic hydroxyl groups excluding tert-OH is 1. The van der Waals surface area contributed by atoms with Gasteiger partial charge in [-0.3, -0.25) is 0 Å². The van der Waals surface area contributed by atoms with Crippen LogP contribution in [0.25, 0.3) is 0 Å². The van der Waals surface area contributed by atoms with E-state index in [0.717, 1.165) is 5.56 Å². The molecule has 0 aliphatic rings. The van der Waals surface area contributed by atoms with Crippen molar-refractivity contribution in [1.29, 1.82) is 0 Å². The molecule has 2 rings (SSSR count). The van der Waals surface area contributed by atoms with Crippen molar-refractivity contribution in [1.82, 2.24) is 5.32 Å².